The van der Waals surface area contributed by atoms with Gasteiger partial charge in [-0.25, -0.2) is 4.98 Å². The Morgan fingerprint density at radius 2 is 2.40 bits per heavy atom. The summed E-state index contributed by atoms with van der Waals surface area (Å²) in [6.07, 6.45) is 3.95. The summed E-state index contributed by atoms with van der Waals surface area (Å²) in [5, 5.41) is 0. The van der Waals surface area contributed by atoms with Crippen molar-refractivity contribution in [3.8, 4) is 0 Å². The van der Waals surface area contributed by atoms with Crippen molar-refractivity contribution >= 4 is 0 Å². The van der Waals surface area contributed by atoms with Gasteiger partial charge < -0.3 is 4.57 Å². The zero-order valence-electron chi connectivity index (χ0n) is 6.41. The Morgan fingerprint density at radius 1 is 1.60 bits per heavy atom. The summed E-state index contributed by atoms with van der Waals surface area (Å²) in [4.78, 5) is 4.29. The van der Waals surface area contributed by atoms with Gasteiger partial charge in [-0.1, -0.05) is 13.8 Å². The van der Waals surface area contributed by atoms with E-state index in [0.717, 1.165) is 12.5 Å². The lowest BCUT2D eigenvalue weighted by Crippen LogP contribution is -1.99. The summed E-state index contributed by atoms with van der Waals surface area (Å²) in [5.74, 6) is 2.67. The monoisotopic (exact) mass is 136 g/mol. The van der Waals surface area contributed by atoms with E-state index in [1.54, 1.807) is 0 Å². The van der Waals surface area contributed by atoms with E-state index in [-0.39, 0.29) is 0 Å². The Hall–Kier alpha value is -0.790. The molecule has 1 aromatic rings. The highest BCUT2D eigenvalue weighted by Gasteiger charge is 2.25. The fourth-order valence-corrected chi connectivity index (χ4v) is 1.60. The second-order valence-corrected chi connectivity index (χ2v) is 3.20. The molecule has 2 nitrogen and oxygen atoms in total. The van der Waals surface area contributed by atoms with E-state index in [4.69, 9.17) is 0 Å². The zero-order valence-corrected chi connectivity index (χ0v) is 6.41. The van der Waals surface area contributed by atoms with Gasteiger partial charge in [0.1, 0.15) is 5.82 Å². The third-order valence-corrected chi connectivity index (χ3v) is 2.49. The minimum atomic E-state index is 0.648. The highest BCUT2D eigenvalue weighted by molar-refractivity contribution is 5.05. The minimum Gasteiger partial charge on any atom is -0.334 e. The van der Waals surface area contributed by atoms with Crippen LogP contribution in [-0.4, -0.2) is 9.55 Å². The summed E-state index contributed by atoms with van der Waals surface area (Å²) in [7, 11) is 0. The van der Waals surface area contributed by atoms with Crippen molar-refractivity contribution in [1.82, 2.24) is 9.55 Å². The van der Waals surface area contributed by atoms with Gasteiger partial charge in [-0.15, -0.1) is 0 Å². The molecule has 0 saturated carbocycles. The van der Waals surface area contributed by atoms with Crippen LogP contribution < -0.4 is 0 Å². The third-order valence-electron chi connectivity index (χ3n) is 2.49. The highest BCUT2D eigenvalue weighted by atomic mass is 15.1. The molecule has 0 fully saturated rings. The topological polar surface area (TPSA) is 17.8 Å². The van der Waals surface area contributed by atoms with Crippen molar-refractivity contribution in [3.05, 3.63) is 18.2 Å². The average molecular weight is 136 g/mol. The second-order valence-electron chi connectivity index (χ2n) is 3.20. The third kappa shape index (κ3) is 0.618. The number of hydrogen-bond donors (Lipinski definition) is 0. The van der Waals surface area contributed by atoms with Gasteiger partial charge in [0.05, 0.1) is 0 Å². The molecule has 0 spiro atoms. The van der Waals surface area contributed by atoms with Crippen LogP contribution in [-0.2, 0) is 6.54 Å². The summed E-state index contributed by atoms with van der Waals surface area (Å²) in [6, 6.07) is 0. The number of imidazole rings is 1. The molecule has 0 N–H and O–H groups in total. The van der Waals surface area contributed by atoms with E-state index in [1.165, 1.54) is 5.82 Å². The molecule has 2 heterocycles. The summed E-state index contributed by atoms with van der Waals surface area (Å²) < 4.78 is 2.25. The zero-order chi connectivity index (χ0) is 7.14. The van der Waals surface area contributed by atoms with Crippen molar-refractivity contribution < 1.29 is 0 Å². The van der Waals surface area contributed by atoms with Gasteiger partial charge in [-0.3, -0.25) is 0 Å². The molecule has 0 aliphatic carbocycles. The molecular formula is C8H12N2. The lowest BCUT2D eigenvalue weighted by Gasteiger charge is -2.04. The minimum absolute atomic E-state index is 0.648. The maximum Gasteiger partial charge on any atom is 0.111 e. The number of aromatic nitrogens is 2. The highest BCUT2D eigenvalue weighted by Crippen LogP contribution is 2.30. The molecule has 2 unspecified atom stereocenters. The molecule has 0 saturated heterocycles. The molecule has 0 amide bonds. The van der Waals surface area contributed by atoms with Crippen LogP contribution in [0.4, 0.5) is 0 Å². The van der Waals surface area contributed by atoms with Crippen LogP contribution in [0.15, 0.2) is 12.4 Å². The standard InChI is InChI=1S/C8H12N2/c1-6-5-10-4-3-9-8(10)7(6)2/h3-4,6-7H,5H2,1-2H3. The molecule has 0 bridgehead atoms. The maximum absolute atomic E-state index is 4.29. The Bertz CT molecular complexity index is 239. The van der Waals surface area contributed by atoms with E-state index in [9.17, 15) is 0 Å². The smallest absolute Gasteiger partial charge is 0.111 e. The molecule has 2 atom stereocenters. The maximum atomic E-state index is 4.29. The van der Waals surface area contributed by atoms with Gasteiger partial charge in [0.25, 0.3) is 0 Å². The number of rotatable bonds is 0. The first-order valence-corrected chi connectivity index (χ1v) is 3.80. The van der Waals surface area contributed by atoms with Gasteiger partial charge in [0.15, 0.2) is 0 Å². The van der Waals surface area contributed by atoms with Gasteiger partial charge >= 0.3 is 0 Å². The van der Waals surface area contributed by atoms with Crippen LogP contribution in [0.25, 0.3) is 0 Å². The lowest BCUT2D eigenvalue weighted by atomic mass is 9.99. The van der Waals surface area contributed by atoms with Gasteiger partial charge in [0, 0.05) is 24.9 Å². The fraction of sp³-hybridized carbons (Fsp3) is 0.625. The van der Waals surface area contributed by atoms with E-state index in [2.05, 4.69) is 29.6 Å². The molecule has 1 aliphatic heterocycles. The largest absolute Gasteiger partial charge is 0.334 e. The van der Waals surface area contributed by atoms with E-state index < -0.39 is 0 Å². The van der Waals surface area contributed by atoms with Crippen molar-refractivity contribution in [3.63, 3.8) is 0 Å². The summed E-state index contributed by atoms with van der Waals surface area (Å²) in [6.45, 7) is 5.67. The molecule has 0 aromatic carbocycles. The molecule has 2 heteroatoms. The first-order chi connectivity index (χ1) is 4.79. The number of fused-ring (bicyclic) bond motifs is 1. The van der Waals surface area contributed by atoms with Crippen LogP contribution in [0.1, 0.15) is 25.6 Å². The lowest BCUT2D eigenvalue weighted by molar-refractivity contribution is 0.498. The van der Waals surface area contributed by atoms with Crippen molar-refractivity contribution in [2.24, 2.45) is 5.92 Å². The van der Waals surface area contributed by atoms with Crippen LogP contribution in [0.2, 0.25) is 0 Å². The predicted octanol–water partition coefficient (Wildman–Crippen LogP) is 1.64. The van der Waals surface area contributed by atoms with E-state index in [0.29, 0.717) is 5.92 Å². The quantitative estimate of drug-likeness (QED) is 0.530. The van der Waals surface area contributed by atoms with E-state index in [1.807, 2.05) is 6.20 Å². The number of nitrogens with zero attached hydrogens (tertiary/aromatic N) is 2. The van der Waals surface area contributed by atoms with Crippen molar-refractivity contribution in [1.29, 1.82) is 0 Å². The Kier molecular flexibility index (Phi) is 1.10. The van der Waals surface area contributed by atoms with Crippen molar-refractivity contribution in [2.75, 3.05) is 0 Å². The second kappa shape index (κ2) is 1.84. The Balaban J connectivity index is 2.43. The normalized spacial score (nSPS) is 30.6. The van der Waals surface area contributed by atoms with Crippen LogP contribution in [0.3, 0.4) is 0 Å². The first-order valence-electron chi connectivity index (χ1n) is 3.80. The molecule has 10 heavy (non-hydrogen) atoms. The Labute approximate surface area is 60.9 Å². The van der Waals surface area contributed by atoms with Crippen LogP contribution >= 0.6 is 0 Å². The van der Waals surface area contributed by atoms with Crippen LogP contribution in [0, 0.1) is 5.92 Å². The van der Waals surface area contributed by atoms with Crippen LogP contribution in [0.5, 0.6) is 0 Å². The Morgan fingerprint density at radius 3 is 3.10 bits per heavy atom. The molecule has 0 radical (unpaired) electrons. The summed E-state index contributed by atoms with van der Waals surface area (Å²) >= 11 is 0. The van der Waals surface area contributed by atoms with E-state index >= 15 is 0 Å². The van der Waals surface area contributed by atoms with Gasteiger partial charge in [-0.2, -0.15) is 0 Å². The van der Waals surface area contributed by atoms with Gasteiger partial charge in [0.2, 0.25) is 0 Å². The SMILES string of the molecule is CC1Cn2ccnc2C1C. The molecule has 2 rings (SSSR count). The molecule has 1 aromatic heterocycles. The fourth-order valence-electron chi connectivity index (χ4n) is 1.60. The number of hydrogen-bond acceptors (Lipinski definition) is 1. The van der Waals surface area contributed by atoms with Crippen molar-refractivity contribution in [2.45, 2.75) is 26.3 Å². The molecular weight excluding hydrogens is 124 g/mol. The molecule has 54 valence electrons. The van der Waals surface area contributed by atoms with Gasteiger partial charge in [-0.05, 0) is 5.92 Å². The summed E-state index contributed by atoms with van der Waals surface area (Å²) in [5.41, 5.74) is 0. The predicted molar refractivity (Wildman–Crippen MR) is 39.8 cm³/mol. The first kappa shape index (κ1) is 5.96. The average Bonchev–Trinajstić information content (AvgIpc) is 2.41. The molecule has 1 aliphatic rings.